The Morgan fingerprint density at radius 2 is 2.12 bits per heavy atom. The fourth-order valence-electron chi connectivity index (χ4n) is 4.24. The lowest BCUT2D eigenvalue weighted by atomic mass is 9.92. The van der Waals surface area contributed by atoms with E-state index in [9.17, 15) is 9.90 Å². The van der Waals surface area contributed by atoms with Gasteiger partial charge in [-0.15, -0.1) is 6.42 Å². The molecule has 7 heteroatoms. The van der Waals surface area contributed by atoms with Gasteiger partial charge in [-0.1, -0.05) is 35.7 Å². The van der Waals surface area contributed by atoms with Crippen LogP contribution in [0.25, 0.3) is 22.6 Å². The SMILES string of the molecule is C#CCOc1c(Cl)cc(/C=C2\C[NH+](CC)Cc3c2nc2ccccc2c3C(=O)[O-])cc1OC. The van der Waals surface area contributed by atoms with Gasteiger partial charge in [-0.05, 0) is 36.8 Å². The number of hydrogen-bond acceptors (Lipinski definition) is 5. The molecule has 0 saturated carbocycles. The van der Waals surface area contributed by atoms with E-state index in [1.807, 2.05) is 30.3 Å². The van der Waals surface area contributed by atoms with Crippen LogP contribution in [0.15, 0.2) is 36.4 Å². The third-order valence-corrected chi connectivity index (χ3v) is 6.04. The van der Waals surface area contributed by atoms with Crippen molar-refractivity contribution in [2.24, 2.45) is 0 Å². The van der Waals surface area contributed by atoms with E-state index in [0.29, 0.717) is 51.8 Å². The van der Waals surface area contributed by atoms with Gasteiger partial charge in [0, 0.05) is 22.1 Å². The van der Waals surface area contributed by atoms with Crippen molar-refractivity contribution in [3.63, 3.8) is 0 Å². The minimum absolute atomic E-state index is 0.0711. The third kappa shape index (κ3) is 4.38. The Bertz CT molecular complexity index is 1310. The number of aromatic carboxylic acids is 1. The first kappa shape index (κ1) is 22.7. The maximum absolute atomic E-state index is 12.2. The van der Waals surface area contributed by atoms with E-state index in [4.69, 9.17) is 32.5 Å². The van der Waals surface area contributed by atoms with Crippen LogP contribution in [0, 0.1) is 12.3 Å². The van der Waals surface area contributed by atoms with E-state index in [-0.39, 0.29) is 12.2 Å². The first-order valence-corrected chi connectivity index (χ1v) is 11.0. The molecular weight excluding hydrogens is 440 g/mol. The summed E-state index contributed by atoms with van der Waals surface area (Å²) in [7, 11) is 1.53. The van der Waals surface area contributed by atoms with Crippen molar-refractivity contribution in [2.45, 2.75) is 13.5 Å². The molecule has 0 bridgehead atoms. The van der Waals surface area contributed by atoms with Gasteiger partial charge in [-0.25, -0.2) is 4.98 Å². The van der Waals surface area contributed by atoms with Crippen LogP contribution in [-0.4, -0.2) is 37.8 Å². The predicted octanol–water partition coefficient (Wildman–Crippen LogP) is 2.23. The lowest BCUT2D eigenvalue weighted by Crippen LogP contribution is -3.11. The molecule has 0 radical (unpaired) electrons. The van der Waals surface area contributed by atoms with Crippen LogP contribution in [0.3, 0.4) is 0 Å². The van der Waals surface area contributed by atoms with E-state index < -0.39 is 5.97 Å². The summed E-state index contributed by atoms with van der Waals surface area (Å²) in [4.78, 5) is 18.2. The van der Waals surface area contributed by atoms with Crippen LogP contribution in [0.4, 0.5) is 0 Å². The van der Waals surface area contributed by atoms with E-state index in [1.165, 1.54) is 12.0 Å². The van der Waals surface area contributed by atoms with E-state index >= 15 is 0 Å². The quantitative estimate of drug-likeness (QED) is 0.568. The average molecular weight is 463 g/mol. The zero-order valence-electron chi connectivity index (χ0n) is 18.4. The number of benzene rings is 2. The number of para-hydroxylation sites is 1. The highest BCUT2D eigenvalue weighted by Gasteiger charge is 2.28. The Hall–Kier alpha value is -3.53. The highest BCUT2D eigenvalue weighted by molar-refractivity contribution is 6.32. The molecule has 1 aliphatic rings. The molecule has 6 nitrogen and oxygen atoms in total. The molecule has 0 fully saturated rings. The Morgan fingerprint density at radius 1 is 1.33 bits per heavy atom. The van der Waals surface area contributed by atoms with Gasteiger partial charge in [0.05, 0.1) is 35.9 Å². The van der Waals surface area contributed by atoms with Crippen LogP contribution in [0.5, 0.6) is 11.5 Å². The monoisotopic (exact) mass is 462 g/mol. The molecule has 1 aromatic heterocycles. The number of ether oxygens (including phenoxy) is 2. The molecule has 0 aliphatic carbocycles. The molecule has 4 rings (SSSR count). The van der Waals surface area contributed by atoms with E-state index in [1.54, 1.807) is 12.1 Å². The number of halogens is 1. The first-order chi connectivity index (χ1) is 16.0. The van der Waals surface area contributed by atoms with Gasteiger partial charge in [0.25, 0.3) is 0 Å². The van der Waals surface area contributed by atoms with Crippen LogP contribution in [-0.2, 0) is 6.54 Å². The summed E-state index contributed by atoms with van der Waals surface area (Å²) < 4.78 is 11.0. The second-order valence-electron chi connectivity index (χ2n) is 7.77. The van der Waals surface area contributed by atoms with Crippen molar-refractivity contribution in [3.05, 3.63) is 63.8 Å². The zero-order valence-corrected chi connectivity index (χ0v) is 19.2. The highest BCUT2D eigenvalue weighted by atomic mass is 35.5. The van der Waals surface area contributed by atoms with Gasteiger partial charge in [0.1, 0.15) is 19.7 Å². The number of fused-ring (bicyclic) bond motifs is 2. The predicted molar refractivity (Wildman–Crippen MR) is 126 cm³/mol. The summed E-state index contributed by atoms with van der Waals surface area (Å²) in [5, 5.41) is 13.1. The maximum Gasteiger partial charge on any atom is 0.181 e. The summed E-state index contributed by atoms with van der Waals surface area (Å²) in [6.07, 6.45) is 7.26. The minimum Gasteiger partial charge on any atom is -0.545 e. The normalized spacial score (nSPS) is 16.3. The average Bonchev–Trinajstić information content (AvgIpc) is 2.81. The zero-order chi connectivity index (χ0) is 23.5. The van der Waals surface area contributed by atoms with Crippen molar-refractivity contribution < 1.29 is 24.3 Å². The number of carboxylic acids is 1. The Labute approximate surface area is 197 Å². The van der Waals surface area contributed by atoms with Crippen molar-refractivity contribution in [2.75, 3.05) is 26.8 Å². The molecule has 2 heterocycles. The van der Waals surface area contributed by atoms with Gasteiger partial charge < -0.3 is 24.3 Å². The lowest BCUT2D eigenvalue weighted by molar-refractivity contribution is -0.905. The number of nitrogens with one attached hydrogen (secondary N) is 1. The van der Waals surface area contributed by atoms with E-state index in [2.05, 4.69) is 12.8 Å². The van der Waals surface area contributed by atoms with Crippen molar-refractivity contribution in [3.8, 4) is 23.8 Å². The second-order valence-corrected chi connectivity index (χ2v) is 8.18. The van der Waals surface area contributed by atoms with Crippen LogP contribution in [0.1, 0.15) is 34.1 Å². The van der Waals surface area contributed by atoms with Crippen molar-refractivity contribution >= 4 is 40.1 Å². The number of carbonyl (C=O) groups is 1. The van der Waals surface area contributed by atoms with Crippen molar-refractivity contribution in [1.29, 1.82) is 0 Å². The molecule has 1 N–H and O–H groups in total. The smallest absolute Gasteiger partial charge is 0.181 e. The molecule has 0 amide bonds. The number of terminal acetylenes is 1. The lowest BCUT2D eigenvalue weighted by Gasteiger charge is -2.29. The number of aromatic nitrogens is 1. The summed E-state index contributed by atoms with van der Waals surface area (Å²) >= 11 is 6.46. The molecule has 3 aromatic rings. The molecule has 1 unspecified atom stereocenters. The molecule has 1 atom stereocenters. The topological polar surface area (TPSA) is 75.9 Å². The first-order valence-electron chi connectivity index (χ1n) is 10.6. The molecule has 0 saturated heterocycles. The second kappa shape index (κ2) is 9.53. The number of likely N-dealkylation sites (N-methyl/N-ethyl adjacent to an activating group) is 1. The standard InChI is InChI=1S/C26H23ClN2O4/c1-4-10-33-25-20(27)12-16(13-22(25)32-3)11-17-14-29(5-2)15-19-23(26(30)31)18-8-6-7-9-21(18)28-24(17)19/h1,6-9,11-13H,5,10,14-15H2,2-3H3,(H,30,31)/b17-11+. The molecule has 33 heavy (non-hydrogen) atoms. The molecular formula is C26H23ClN2O4. The number of carbonyl (C=O) groups excluding carboxylic acids is 1. The summed E-state index contributed by atoms with van der Waals surface area (Å²) in [5.41, 5.74) is 3.89. The van der Waals surface area contributed by atoms with Gasteiger partial charge in [-0.2, -0.15) is 0 Å². The fourth-order valence-corrected chi connectivity index (χ4v) is 4.51. The van der Waals surface area contributed by atoms with Gasteiger partial charge in [0.2, 0.25) is 0 Å². The number of carboxylic acid groups (broad SMARTS) is 1. The molecule has 168 valence electrons. The largest absolute Gasteiger partial charge is 0.545 e. The Kier molecular flexibility index (Phi) is 6.55. The summed E-state index contributed by atoms with van der Waals surface area (Å²) in [6, 6.07) is 10.8. The number of nitrogens with zero attached hydrogens (tertiary/aromatic N) is 1. The van der Waals surface area contributed by atoms with Crippen LogP contribution >= 0.6 is 11.6 Å². The number of pyridine rings is 1. The number of rotatable bonds is 6. The Balaban J connectivity index is 1.91. The molecule has 2 aromatic carbocycles. The Morgan fingerprint density at radius 3 is 2.82 bits per heavy atom. The van der Waals surface area contributed by atoms with Gasteiger partial charge in [-0.3, -0.25) is 0 Å². The van der Waals surface area contributed by atoms with Gasteiger partial charge in [0.15, 0.2) is 11.5 Å². The maximum atomic E-state index is 12.2. The van der Waals surface area contributed by atoms with Gasteiger partial charge >= 0.3 is 0 Å². The number of hydrogen-bond donors (Lipinski definition) is 1. The molecule has 0 spiro atoms. The van der Waals surface area contributed by atoms with Crippen LogP contribution in [0.2, 0.25) is 5.02 Å². The summed E-state index contributed by atoms with van der Waals surface area (Å²) in [5.74, 6) is 2.06. The number of methoxy groups -OCH3 is 1. The third-order valence-electron chi connectivity index (χ3n) is 5.76. The minimum atomic E-state index is -1.19. The fraction of sp³-hybridized carbons (Fsp3) is 0.231. The highest BCUT2D eigenvalue weighted by Crippen LogP contribution is 2.38. The van der Waals surface area contributed by atoms with E-state index in [0.717, 1.165) is 17.7 Å². The number of quaternary nitrogens is 1. The molecule has 1 aliphatic heterocycles. The summed E-state index contributed by atoms with van der Waals surface area (Å²) in [6.45, 7) is 4.23. The van der Waals surface area contributed by atoms with Crippen molar-refractivity contribution in [1.82, 2.24) is 4.98 Å². The van der Waals surface area contributed by atoms with Crippen LogP contribution < -0.4 is 19.5 Å².